The average Bonchev–Trinajstić information content (AvgIpc) is 2.90. The van der Waals surface area contributed by atoms with E-state index in [1.54, 1.807) is 13.8 Å². The van der Waals surface area contributed by atoms with Gasteiger partial charge in [-0.1, -0.05) is 30.0 Å². The van der Waals surface area contributed by atoms with Crippen LogP contribution >= 0.6 is 11.8 Å². The van der Waals surface area contributed by atoms with E-state index in [1.807, 2.05) is 56.5 Å². The van der Waals surface area contributed by atoms with Gasteiger partial charge in [0.2, 0.25) is 0 Å². The largest absolute Gasteiger partial charge is 0.464 e. The number of likely N-dealkylation sites (tertiary alicyclic amines) is 1. The molecule has 26 heavy (non-hydrogen) atoms. The summed E-state index contributed by atoms with van der Waals surface area (Å²) in [5.41, 5.74) is -0.923. The van der Waals surface area contributed by atoms with Crippen LogP contribution in [0.15, 0.2) is 46.2 Å². The SMILES string of the molecule is CCOC(=O)[C@@]1(C)/C(=C\Sc2ccccc2)CCN1C(=O)OC(C)(C)C. The molecule has 142 valence electrons. The van der Waals surface area contributed by atoms with Crippen molar-refractivity contribution in [1.82, 2.24) is 4.90 Å². The van der Waals surface area contributed by atoms with Crippen molar-refractivity contribution in [3.05, 3.63) is 41.3 Å². The van der Waals surface area contributed by atoms with Crippen LogP contribution in [0, 0.1) is 0 Å². The van der Waals surface area contributed by atoms with Crippen molar-refractivity contribution < 1.29 is 19.1 Å². The van der Waals surface area contributed by atoms with Crippen LogP contribution in [-0.4, -0.2) is 41.3 Å². The molecule has 5 nitrogen and oxygen atoms in total. The molecule has 1 saturated heterocycles. The van der Waals surface area contributed by atoms with Crippen molar-refractivity contribution in [3.63, 3.8) is 0 Å². The second kappa shape index (κ2) is 8.16. The maximum Gasteiger partial charge on any atom is 0.411 e. The maximum atomic E-state index is 12.7. The lowest BCUT2D eigenvalue weighted by atomic mass is 9.94. The van der Waals surface area contributed by atoms with Crippen molar-refractivity contribution in [2.24, 2.45) is 0 Å². The van der Waals surface area contributed by atoms with Gasteiger partial charge in [0.25, 0.3) is 0 Å². The summed E-state index contributed by atoms with van der Waals surface area (Å²) in [6, 6.07) is 9.90. The summed E-state index contributed by atoms with van der Waals surface area (Å²) in [4.78, 5) is 28.0. The molecule has 0 radical (unpaired) electrons. The molecule has 1 amide bonds. The lowest BCUT2D eigenvalue weighted by Gasteiger charge is -2.35. The summed E-state index contributed by atoms with van der Waals surface area (Å²) < 4.78 is 10.8. The van der Waals surface area contributed by atoms with Crippen molar-refractivity contribution in [3.8, 4) is 0 Å². The Morgan fingerprint density at radius 2 is 1.92 bits per heavy atom. The maximum absolute atomic E-state index is 12.7. The van der Waals surface area contributed by atoms with Crippen LogP contribution in [0.4, 0.5) is 4.79 Å². The van der Waals surface area contributed by atoms with Gasteiger partial charge in [0.15, 0.2) is 5.54 Å². The molecule has 1 heterocycles. The fourth-order valence-corrected chi connectivity index (χ4v) is 3.73. The van der Waals surface area contributed by atoms with E-state index in [9.17, 15) is 9.59 Å². The molecule has 0 spiro atoms. The minimum absolute atomic E-state index is 0.260. The molecule has 6 heteroatoms. The number of carbonyl (C=O) groups is 2. The van der Waals surface area contributed by atoms with E-state index in [-0.39, 0.29) is 6.61 Å². The molecule has 0 N–H and O–H groups in total. The first-order valence-electron chi connectivity index (χ1n) is 8.77. The Balaban J connectivity index is 2.30. The average molecular weight is 378 g/mol. The van der Waals surface area contributed by atoms with Crippen LogP contribution in [-0.2, 0) is 14.3 Å². The van der Waals surface area contributed by atoms with E-state index < -0.39 is 23.2 Å². The predicted molar refractivity (Wildman–Crippen MR) is 103 cm³/mol. The number of hydrogen-bond donors (Lipinski definition) is 0. The molecule has 1 aromatic carbocycles. The fraction of sp³-hybridized carbons (Fsp3) is 0.500. The highest BCUT2D eigenvalue weighted by molar-refractivity contribution is 8.02. The molecule has 1 fully saturated rings. The van der Waals surface area contributed by atoms with Gasteiger partial charge in [0.1, 0.15) is 5.60 Å². The van der Waals surface area contributed by atoms with E-state index in [0.29, 0.717) is 13.0 Å². The Morgan fingerprint density at radius 3 is 2.50 bits per heavy atom. The van der Waals surface area contributed by atoms with E-state index in [4.69, 9.17) is 9.47 Å². The monoisotopic (exact) mass is 377 g/mol. The number of thioether (sulfide) groups is 1. The molecule has 1 atom stereocenters. The third-order valence-electron chi connectivity index (χ3n) is 4.14. The quantitative estimate of drug-likeness (QED) is 0.566. The Morgan fingerprint density at radius 1 is 1.27 bits per heavy atom. The molecule has 0 aromatic heterocycles. The third-order valence-corrected chi connectivity index (χ3v) is 5.08. The van der Waals surface area contributed by atoms with Crippen molar-refractivity contribution in [1.29, 1.82) is 0 Å². The van der Waals surface area contributed by atoms with Crippen LogP contribution in [0.3, 0.4) is 0 Å². The van der Waals surface area contributed by atoms with Gasteiger partial charge < -0.3 is 9.47 Å². The minimum atomic E-state index is -1.15. The second-order valence-corrected chi connectivity index (χ2v) is 8.19. The highest BCUT2D eigenvalue weighted by atomic mass is 32.2. The first-order valence-corrected chi connectivity index (χ1v) is 9.65. The third kappa shape index (κ3) is 4.61. The molecule has 0 unspecified atom stereocenters. The summed E-state index contributed by atoms with van der Waals surface area (Å²) in [5.74, 6) is -0.428. The highest BCUT2D eigenvalue weighted by Crippen LogP contribution is 2.39. The standard InChI is InChI=1S/C20H27NO4S/c1-6-24-17(22)20(5)15(14-26-16-10-8-7-9-11-16)12-13-21(20)18(23)25-19(2,3)4/h7-11,14H,6,12-13H2,1-5H3/b15-14-/t20-/m1/s1. The number of amides is 1. The predicted octanol–water partition coefficient (Wildman–Crippen LogP) is 4.63. The molecule has 1 aliphatic rings. The molecular weight excluding hydrogens is 350 g/mol. The Hall–Kier alpha value is -1.95. The molecule has 0 aliphatic carbocycles. The van der Waals surface area contributed by atoms with Gasteiger partial charge in [-0.2, -0.15) is 0 Å². The van der Waals surface area contributed by atoms with E-state index in [1.165, 1.54) is 16.7 Å². The van der Waals surface area contributed by atoms with Gasteiger partial charge >= 0.3 is 12.1 Å². The lowest BCUT2D eigenvalue weighted by Crippen LogP contribution is -2.53. The highest BCUT2D eigenvalue weighted by Gasteiger charge is 2.51. The summed E-state index contributed by atoms with van der Waals surface area (Å²) in [5, 5.41) is 1.95. The fourth-order valence-electron chi connectivity index (χ4n) is 2.79. The summed E-state index contributed by atoms with van der Waals surface area (Å²) in [6.45, 7) is 9.61. The molecule has 1 aliphatic heterocycles. The summed E-state index contributed by atoms with van der Waals surface area (Å²) >= 11 is 1.53. The number of nitrogens with zero attached hydrogens (tertiary/aromatic N) is 1. The van der Waals surface area contributed by atoms with Crippen molar-refractivity contribution >= 4 is 23.8 Å². The van der Waals surface area contributed by atoms with Crippen molar-refractivity contribution in [2.45, 2.75) is 57.1 Å². The Bertz CT molecular complexity index is 681. The van der Waals surface area contributed by atoms with Crippen LogP contribution in [0.1, 0.15) is 41.0 Å². The van der Waals surface area contributed by atoms with Gasteiger partial charge in [-0.3, -0.25) is 4.90 Å². The molecule has 0 bridgehead atoms. The molecular formula is C20H27NO4S. The lowest BCUT2D eigenvalue weighted by molar-refractivity contribution is -0.152. The van der Waals surface area contributed by atoms with Crippen molar-refractivity contribution in [2.75, 3.05) is 13.2 Å². The topological polar surface area (TPSA) is 55.8 Å². The molecule has 0 saturated carbocycles. The zero-order chi connectivity index (χ0) is 19.4. The van der Waals surface area contributed by atoms with E-state index >= 15 is 0 Å². The number of carbonyl (C=O) groups excluding carboxylic acids is 2. The molecule has 2 rings (SSSR count). The number of ether oxygens (including phenoxy) is 2. The number of benzene rings is 1. The zero-order valence-electron chi connectivity index (χ0n) is 16.1. The van der Waals surface area contributed by atoms with Gasteiger partial charge in [0, 0.05) is 11.4 Å². The minimum Gasteiger partial charge on any atom is -0.464 e. The Labute approximate surface area is 159 Å². The number of hydrogen-bond acceptors (Lipinski definition) is 5. The summed E-state index contributed by atoms with van der Waals surface area (Å²) in [6.07, 6.45) is 0.107. The van der Waals surface area contributed by atoms with E-state index in [0.717, 1.165) is 10.5 Å². The Kier molecular flexibility index (Phi) is 6.39. The van der Waals surface area contributed by atoms with Gasteiger partial charge in [-0.05, 0) is 64.2 Å². The van der Waals surface area contributed by atoms with Crippen LogP contribution in [0.2, 0.25) is 0 Å². The second-order valence-electron chi connectivity index (χ2n) is 7.25. The first-order chi connectivity index (χ1) is 12.2. The molecule has 1 aromatic rings. The normalized spacial score (nSPS) is 21.7. The van der Waals surface area contributed by atoms with Gasteiger partial charge in [-0.15, -0.1) is 0 Å². The van der Waals surface area contributed by atoms with Crippen LogP contribution < -0.4 is 0 Å². The number of esters is 1. The van der Waals surface area contributed by atoms with Gasteiger partial charge in [0.05, 0.1) is 6.61 Å². The number of rotatable bonds is 4. The first kappa shape index (κ1) is 20.4. The van der Waals surface area contributed by atoms with Crippen LogP contribution in [0.5, 0.6) is 0 Å². The zero-order valence-corrected chi connectivity index (χ0v) is 16.9. The van der Waals surface area contributed by atoms with Crippen LogP contribution in [0.25, 0.3) is 0 Å². The van der Waals surface area contributed by atoms with Gasteiger partial charge in [-0.25, -0.2) is 9.59 Å². The van der Waals surface area contributed by atoms with E-state index in [2.05, 4.69) is 0 Å². The summed E-state index contributed by atoms with van der Waals surface area (Å²) in [7, 11) is 0. The smallest absolute Gasteiger partial charge is 0.411 e.